The third-order valence-corrected chi connectivity index (χ3v) is 5.97. The van der Waals surface area contributed by atoms with E-state index in [1.165, 1.54) is 18.3 Å². The van der Waals surface area contributed by atoms with E-state index in [-0.39, 0.29) is 11.8 Å². The monoisotopic (exact) mass is 399 g/mol. The van der Waals surface area contributed by atoms with Crippen LogP contribution in [0.15, 0.2) is 41.8 Å². The van der Waals surface area contributed by atoms with E-state index in [0.29, 0.717) is 18.1 Å². The molecule has 27 heavy (non-hydrogen) atoms. The molecule has 6 nitrogen and oxygen atoms in total. The lowest BCUT2D eigenvalue weighted by Crippen LogP contribution is -2.31. The molecular weight excluding hydrogens is 382 g/mol. The van der Waals surface area contributed by atoms with Crippen molar-refractivity contribution >= 4 is 39.6 Å². The van der Waals surface area contributed by atoms with Crippen molar-refractivity contribution in [1.29, 1.82) is 0 Å². The summed E-state index contributed by atoms with van der Waals surface area (Å²) in [5.41, 5.74) is 1.85. The number of hydrogen-bond donors (Lipinski definition) is 2. The molecule has 0 saturated heterocycles. The molecule has 8 heteroatoms. The summed E-state index contributed by atoms with van der Waals surface area (Å²) in [6.07, 6.45) is 0.0400. The van der Waals surface area contributed by atoms with E-state index in [9.17, 15) is 9.59 Å². The fourth-order valence-electron chi connectivity index (χ4n) is 2.78. The maximum Gasteiger partial charge on any atom is 0.267 e. The van der Waals surface area contributed by atoms with Gasteiger partial charge >= 0.3 is 0 Å². The molecule has 0 bridgehead atoms. The fourth-order valence-corrected chi connectivity index (χ4v) is 4.48. The van der Waals surface area contributed by atoms with E-state index in [2.05, 4.69) is 15.6 Å². The number of thiophene rings is 1. The first-order valence-corrected chi connectivity index (χ1v) is 10.1. The summed E-state index contributed by atoms with van der Waals surface area (Å²) < 4.78 is 5.71. The summed E-state index contributed by atoms with van der Waals surface area (Å²) in [5.74, 6) is 0.521. The second kappa shape index (κ2) is 7.50. The number of fused-ring (bicyclic) bond motifs is 1. The molecule has 0 saturated carbocycles. The van der Waals surface area contributed by atoms with Gasteiger partial charge in [-0.05, 0) is 23.8 Å². The summed E-state index contributed by atoms with van der Waals surface area (Å²) in [4.78, 5) is 30.0. The zero-order valence-electron chi connectivity index (χ0n) is 14.5. The second-order valence-corrected chi connectivity index (χ2v) is 8.15. The minimum absolute atomic E-state index is 0.0557. The predicted octanol–water partition coefficient (Wildman–Crippen LogP) is 3.45. The first kappa shape index (κ1) is 17.7. The van der Waals surface area contributed by atoms with Crippen molar-refractivity contribution in [2.45, 2.75) is 26.0 Å². The number of nitrogens with one attached hydrogen (secondary N) is 2. The van der Waals surface area contributed by atoms with Crippen molar-refractivity contribution in [3.63, 3.8) is 0 Å². The molecular formula is C19H17N3O3S2. The van der Waals surface area contributed by atoms with Gasteiger partial charge in [0.25, 0.3) is 5.91 Å². The summed E-state index contributed by atoms with van der Waals surface area (Å²) in [6.45, 7) is 2.00. The molecule has 0 radical (unpaired) electrons. The summed E-state index contributed by atoms with van der Waals surface area (Å²) >= 11 is 2.95. The van der Waals surface area contributed by atoms with Crippen molar-refractivity contribution in [3.05, 3.63) is 52.2 Å². The third-order valence-electron chi connectivity index (χ3n) is 4.10. The quantitative estimate of drug-likeness (QED) is 0.689. The Balaban J connectivity index is 1.38. The Labute approximate surface area is 164 Å². The standard InChI is InChI=1S/C19H17N3O3S2/c1-11(23)20-9-13-6-7-17(27-13)14-10-26-19(21-14)22-18(24)16-8-12-4-2-3-5-15(12)25-16/h2-7,10,16H,8-9H2,1H3,(H,20,23)(H,21,22,24). The van der Waals surface area contributed by atoms with E-state index in [0.717, 1.165) is 26.8 Å². The Bertz CT molecular complexity index is 971. The molecule has 1 aliphatic rings. The number of nitrogens with zero attached hydrogens (tertiary/aromatic N) is 1. The lowest BCUT2D eigenvalue weighted by Gasteiger charge is -2.09. The first-order valence-electron chi connectivity index (χ1n) is 8.43. The number of rotatable bonds is 5. The number of aromatic nitrogens is 1. The van der Waals surface area contributed by atoms with Crippen LogP contribution in [0.5, 0.6) is 5.75 Å². The van der Waals surface area contributed by atoms with Gasteiger partial charge < -0.3 is 10.1 Å². The van der Waals surface area contributed by atoms with Crippen LogP contribution in [0.25, 0.3) is 10.6 Å². The van der Waals surface area contributed by atoms with Crippen molar-refractivity contribution < 1.29 is 14.3 Å². The van der Waals surface area contributed by atoms with Gasteiger partial charge in [-0.3, -0.25) is 14.9 Å². The first-order chi connectivity index (χ1) is 13.1. The molecule has 1 aliphatic heterocycles. The van der Waals surface area contributed by atoms with Crippen molar-refractivity contribution in [2.75, 3.05) is 5.32 Å². The van der Waals surface area contributed by atoms with Crippen LogP contribution in [0.3, 0.4) is 0 Å². The lowest BCUT2D eigenvalue weighted by molar-refractivity contribution is -0.122. The number of anilines is 1. The number of thiazole rings is 1. The third kappa shape index (κ3) is 4.01. The van der Waals surface area contributed by atoms with Crippen LogP contribution >= 0.6 is 22.7 Å². The Hall–Kier alpha value is -2.71. The van der Waals surface area contributed by atoms with E-state index >= 15 is 0 Å². The van der Waals surface area contributed by atoms with Gasteiger partial charge in [0.2, 0.25) is 5.91 Å². The Morgan fingerprint density at radius 2 is 2.11 bits per heavy atom. The van der Waals surface area contributed by atoms with Gasteiger partial charge in [-0.2, -0.15) is 0 Å². The van der Waals surface area contributed by atoms with E-state index in [1.807, 2.05) is 41.8 Å². The number of carbonyl (C=O) groups is 2. The number of benzene rings is 1. The molecule has 0 spiro atoms. The van der Waals surface area contributed by atoms with Crippen molar-refractivity contribution in [3.8, 4) is 16.3 Å². The molecule has 1 atom stereocenters. The largest absolute Gasteiger partial charge is 0.480 e. The van der Waals surface area contributed by atoms with Crippen LogP contribution < -0.4 is 15.4 Å². The molecule has 1 aromatic carbocycles. The van der Waals surface area contributed by atoms with Gasteiger partial charge in [-0.15, -0.1) is 22.7 Å². The molecule has 1 unspecified atom stereocenters. The van der Waals surface area contributed by atoms with Crippen molar-refractivity contribution in [2.24, 2.45) is 0 Å². The van der Waals surface area contributed by atoms with Crippen LogP contribution in [0.1, 0.15) is 17.4 Å². The molecule has 2 aromatic heterocycles. The highest BCUT2D eigenvalue weighted by Crippen LogP contribution is 2.32. The van der Waals surface area contributed by atoms with Crippen LogP contribution in [-0.2, 0) is 22.6 Å². The molecule has 0 aliphatic carbocycles. The minimum Gasteiger partial charge on any atom is -0.480 e. The number of amides is 2. The van der Waals surface area contributed by atoms with Gasteiger partial charge in [-0.25, -0.2) is 4.98 Å². The van der Waals surface area contributed by atoms with Gasteiger partial charge in [-0.1, -0.05) is 18.2 Å². The smallest absolute Gasteiger partial charge is 0.267 e. The number of ether oxygens (including phenoxy) is 1. The molecule has 0 fully saturated rings. The molecule has 3 heterocycles. The van der Waals surface area contributed by atoms with Crippen LogP contribution in [-0.4, -0.2) is 22.9 Å². The summed E-state index contributed by atoms with van der Waals surface area (Å²) in [6, 6.07) is 11.6. The van der Waals surface area contributed by atoms with Crippen molar-refractivity contribution in [1.82, 2.24) is 10.3 Å². The van der Waals surface area contributed by atoms with Crippen LogP contribution in [0, 0.1) is 0 Å². The molecule has 3 aromatic rings. The average Bonchev–Trinajstić information content (AvgIpc) is 3.38. The second-order valence-electron chi connectivity index (χ2n) is 6.12. The molecule has 2 N–H and O–H groups in total. The predicted molar refractivity (Wildman–Crippen MR) is 106 cm³/mol. The number of carbonyl (C=O) groups excluding carboxylic acids is 2. The zero-order valence-corrected chi connectivity index (χ0v) is 16.2. The van der Waals surface area contributed by atoms with Gasteiger partial charge in [0.05, 0.1) is 17.1 Å². The van der Waals surface area contributed by atoms with Gasteiger partial charge in [0.1, 0.15) is 5.75 Å². The fraction of sp³-hybridized carbons (Fsp3) is 0.211. The highest BCUT2D eigenvalue weighted by molar-refractivity contribution is 7.17. The highest BCUT2D eigenvalue weighted by atomic mass is 32.1. The lowest BCUT2D eigenvalue weighted by atomic mass is 10.1. The normalized spacial score (nSPS) is 15.1. The zero-order chi connectivity index (χ0) is 18.8. The highest BCUT2D eigenvalue weighted by Gasteiger charge is 2.29. The van der Waals surface area contributed by atoms with Crippen LogP contribution in [0.2, 0.25) is 0 Å². The van der Waals surface area contributed by atoms with E-state index in [1.54, 1.807) is 11.3 Å². The number of para-hydroxylation sites is 1. The van der Waals surface area contributed by atoms with Gasteiger partial charge in [0.15, 0.2) is 11.2 Å². The maximum atomic E-state index is 12.5. The average molecular weight is 399 g/mol. The Morgan fingerprint density at radius 1 is 1.26 bits per heavy atom. The summed E-state index contributed by atoms with van der Waals surface area (Å²) in [5, 5.41) is 8.08. The Kier molecular flexibility index (Phi) is 4.91. The van der Waals surface area contributed by atoms with E-state index < -0.39 is 6.10 Å². The topological polar surface area (TPSA) is 80.3 Å². The maximum absolute atomic E-state index is 12.5. The minimum atomic E-state index is -0.527. The van der Waals surface area contributed by atoms with E-state index in [4.69, 9.17) is 4.74 Å². The Morgan fingerprint density at radius 3 is 2.93 bits per heavy atom. The molecule has 4 rings (SSSR count). The number of hydrogen-bond acceptors (Lipinski definition) is 6. The van der Waals surface area contributed by atoms with Crippen LogP contribution in [0.4, 0.5) is 5.13 Å². The summed E-state index contributed by atoms with van der Waals surface area (Å²) in [7, 11) is 0. The van der Waals surface area contributed by atoms with Gasteiger partial charge in [0, 0.05) is 23.6 Å². The SMILES string of the molecule is CC(=O)NCc1ccc(-c2csc(NC(=O)C3Cc4ccccc4O3)n2)s1. The molecule has 2 amide bonds. The molecule has 138 valence electrons.